The van der Waals surface area contributed by atoms with Gasteiger partial charge in [-0.15, -0.1) is 0 Å². The Morgan fingerprint density at radius 1 is 1.23 bits per heavy atom. The van der Waals surface area contributed by atoms with Crippen LogP contribution in [0, 0.1) is 12.7 Å². The molecular formula is C22H21F2N5O. The van der Waals surface area contributed by atoms with Crippen LogP contribution in [0.15, 0.2) is 48.8 Å². The second kappa shape index (κ2) is 7.78. The van der Waals surface area contributed by atoms with Crippen molar-refractivity contribution in [3.63, 3.8) is 0 Å². The molecule has 2 heterocycles. The van der Waals surface area contributed by atoms with E-state index < -0.39 is 23.3 Å². The highest BCUT2D eigenvalue weighted by atomic mass is 19.1. The summed E-state index contributed by atoms with van der Waals surface area (Å²) in [6, 6.07) is 9.74. The number of amides is 1. The van der Waals surface area contributed by atoms with Crippen LogP contribution < -0.4 is 11.1 Å². The summed E-state index contributed by atoms with van der Waals surface area (Å²) in [5.74, 6) is -0.542. The molecule has 1 aliphatic carbocycles. The first-order valence-electron chi connectivity index (χ1n) is 9.61. The number of nitrogens with two attached hydrogens (primary N) is 1. The molecule has 0 unspecified atom stereocenters. The number of anilines is 1. The van der Waals surface area contributed by atoms with E-state index >= 15 is 0 Å². The van der Waals surface area contributed by atoms with E-state index in [1.54, 1.807) is 30.5 Å². The minimum Gasteiger partial charge on any atom is -0.366 e. The van der Waals surface area contributed by atoms with Crippen LogP contribution in [0.1, 0.15) is 34.6 Å². The highest BCUT2D eigenvalue weighted by Gasteiger charge is 2.48. The largest absolute Gasteiger partial charge is 0.366 e. The Morgan fingerprint density at radius 2 is 1.97 bits per heavy atom. The van der Waals surface area contributed by atoms with E-state index in [0.717, 1.165) is 16.8 Å². The van der Waals surface area contributed by atoms with Crippen LogP contribution in [-0.4, -0.2) is 33.6 Å². The van der Waals surface area contributed by atoms with Crippen molar-refractivity contribution in [1.29, 1.82) is 0 Å². The van der Waals surface area contributed by atoms with E-state index in [0.29, 0.717) is 11.5 Å². The molecule has 0 saturated heterocycles. The molecule has 0 spiro atoms. The van der Waals surface area contributed by atoms with Crippen molar-refractivity contribution < 1.29 is 13.6 Å². The third-order valence-corrected chi connectivity index (χ3v) is 5.53. The van der Waals surface area contributed by atoms with Crippen LogP contribution in [0.25, 0.3) is 11.1 Å². The molecule has 4 rings (SSSR count). The third-order valence-electron chi connectivity index (χ3n) is 5.53. The molecular weight excluding hydrogens is 388 g/mol. The summed E-state index contributed by atoms with van der Waals surface area (Å²) in [7, 11) is 0. The number of alkyl halides is 1. The number of carbonyl (C=O) groups is 1. The maximum absolute atomic E-state index is 14.3. The van der Waals surface area contributed by atoms with Crippen LogP contribution >= 0.6 is 0 Å². The zero-order valence-corrected chi connectivity index (χ0v) is 16.4. The van der Waals surface area contributed by atoms with Gasteiger partial charge in [-0.05, 0) is 49.6 Å². The van der Waals surface area contributed by atoms with Crippen LogP contribution in [0.5, 0.6) is 0 Å². The normalized spacial score (nSPS) is 20.4. The fourth-order valence-electron chi connectivity index (χ4n) is 3.88. The van der Waals surface area contributed by atoms with Gasteiger partial charge < -0.3 is 11.1 Å². The minimum absolute atomic E-state index is 0.206. The lowest BCUT2D eigenvalue weighted by atomic mass is 9.65. The van der Waals surface area contributed by atoms with Crippen molar-refractivity contribution in [3.8, 4) is 11.1 Å². The first-order chi connectivity index (χ1) is 14.4. The van der Waals surface area contributed by atoms with Gasteiger partial charge in [-0.1, -0.05) is 12.1 Å². The number of aromatic nitrogens is 3. The van der Waals surface area contributed by atoms with Gasteiger partial charge in [0.2, 0.25) is 11.9 Å². The van der Waals surface area contributed by atoms with Crippen molar-refractivity contribution in [3.05, 3.63) is 71.6 Å². The molecule has 0 aliphatic heterocycles. The summed E-state index contributed by atoms with van der Waals surface area (Å²) >= 11 is 0. The summed E-state index contributed by atoms with van der Waals surface area (Å²) < 4.78 is 28.0. The summed E-state index contributed by atoms with van der Waals surface area (Å²) in [6.45, 7) is 2.13. The average molecular weight is 409 g/mol. The monoisotopic (exact) mass is 409 g/mol. The average Bonchev–Trinajstić information content (AvgIpc) is 2.71. The molecule has 1 saturated carbocycles. The number of hydrogen-bond acceptors (Lipinski definition) is 5. The molecule has 8 heteroatoms. The Kier molecular flexibility index (Phi) is 5.15. The standard InChI is InChI=1S/C22H21F2N5O/c1-13-17(14-4-6-15(7-5-14)20(25)30)11-27-21(29-13)28-12-22(9-16(23)10-22)19-18(24)3-2-8-26-19/h2-8,11,16H,9-10,12H2,1H3,(H2,25,30)(H,27,28,29). The van der Waals surface area contributed by atoms with Crippen molar-refractivity contribution in [2.75, 3.05) is 11.9 Å². The summed E-state index contributed by atoms with van der Waals surface area (Å²) in [5, 5.41) is 3.12. The minimum atomic E-state index is -0.971. The van der Waals surface area contributed by atoms with Gasteiger partial charge >= 0.3 is 0 Å². The predicted molar refractivity (Wildman–Crippen MR) is 109 cm³/mol. The second-order valence-electron chi connectivity index (χ2n) is 7.61. The van der Waals surface area contributed by atoms with Gasteiger partial charge in [-0.3, -0.25) is 9.78 Å². The fourth-order valence-corrected chi connectivity index (χ4v) is 3.88. The zero-order valence-electron chi connectivity index (χ0n) is 16.4. The molecule has 1 fully saturated rings. The molecule has 0 radical (unpaired) electrons. The molecule has 3 aromatic rings. The van der Waals surface area contributed by atoms with Crippen molar-refractivity contribution >= 4 is 11.9 Å². The maximum Gasteiger partial charge on any atom is 0.248 e. The van der Waals surface area contributed by atoms with Crippen molar-refractivity contribution in [2.24, 2.45) is 5.73 Å². The number of nitrogens with one attached hydrogen (secondary N) is 1. The number of hydrogen-bond donors (Lipinski definition) is 2. The predicted octanol–water partition coefficient (Wildman–Crippen LogP) is 3.57. The summed E-state index contributed by atoms with van der Waals surface area (Å²) in [4.78, 5) is 24.2. The van der Waals surface area contributed by atoms with Gasteiger partial charge in [0.15, 0.2) is 0 Å². The van der Waals surface area contributed by atoms with E-state index in [4.69, 9.17) is 5.73 Å². The summed E-state index contributed by atoms with van der Waals surface area (Å²) in [5.41, 5.74) is 7.66. The molecule has 1 aliphatic rings. The zero-order chi connectivity index (χ0) is 21.3. The Morgan fingerprint density at radius 3 is 2.57 bits per heavy atom. The first kappa shape index (κ1) is 19.9. The van der Waals surface area contributed by atoms with Crippen molar-refractivity contribution in [1.82, 2.24) is 15.0 Å². The molecule has 6 nitrogen and oxygen atoms in total. The number of halogens is 2. The third kappa shape index (κ3) is 3.72. The van der Waals surface area contributed by atoms with Crippen LogP contribution in [0.2, 0.25) is 0 Å². The second-order valence-corrected chi connectivity index (χ2v) is 7.61. The smallest absolute Gasteiger partial charge is 0.248 e. The first-order valence-corrected chi connectivity index (χ1v) is 9.61. The lowest BCUT2D eigenvalue weighted by Crippen LogP contribution is -2.49. The van der Waals surface area contributed by atoms with Gasteiger partial charge in [0.1, 0.15) is 12.0 Å². The number of nitrogens with zero attached hydrogens (tertiary/aromatic N) is 3. The molecule has 1 aromatic carbocycles. The molecule has 1 amide bonds. The SMILES string of the molecule is Cc1nc(NCC2(c3ncccc3F)CC(F)C2)ncc1-c1ccc(C(N)=O)cc1. The number of carbonyl (C=O) groups excluding carboxylic acids is 1. The van der Waals surface area contributed by atoms with Gasteiger partial charge in [-0.2, -0.15) is 0 Å². The van der Waals surface area contributed by atoms with Crippen LogP contribution in [0.4, 0.5) is 14.7 Å². The van der Waals surface area contributed by atoms with Crippen molar-refractivity contribution in [2.45, 2.75) is 31.4 Å². The van der Waals surface area contributed by atoms with E-state index in [2.05, 4.69) is 20.3 Å². The number of benzene rings is 1. The van der Waals surface area contributed by atoms with E-state index in [-0.39, 0.29) is 25.1 Å². The Hall–Kier alpha value is -3.42. The molecule has 30 heavy (non-hydrogen) atoms. The van der Waals surface area contributed by atoms with Crippen LogP contribution in [0.3, 0.4) is 0 Å². The number of aryl methyl sites for hydroxylation is 1. The number of primary amides is 1. The molecule has 3 N–H and O–H groups in total. The Balaban J connectivity index is 1.52. The summed E-state index contributed by atoms with van der Waals surface area (Å²) in [6.07, 6.45) is 2.64. The lowest BCUT2D eigenvalue weighted by Gasteiger charge is -2.43. The van der Waals surface area contributed by atoms with Crippen LogP contribution in [-0.2, 0) is 5.41 Å². The topological polar surface area (TPSA) is 93.8 Å². The van der Waals surface area contributed by atoms with Gasteiger partial charge in [0.25, 0.3) is 0 Å². The van der Waals surface area contributed by atoms with Gasteiger partial charge in [0.05, 0.1) is 11.4 Å². The molecule has 0 bridgehead atoms. The highest BCUT2D eigenvalue weighted by Crippen LogP contribution is 2.45. The molecule has 154 valence electrons. The fraction of sp³-hybridized carbons (Fsp3) is 0.273. The maximum atomic E-state index is 14.3. The van der Waals surface area contributed by atoms with Gasteiger partial charge in [0, 0.05) is 35.5 Å². The molecule has 2 aromatic heterocycles. The number of rotatable bonds is 6. The highest BCUT2D eigenvalue weighted by molar-refractivity contribution is 5.93. The Labute approximate surface area is 172 Å². The van der Waals surface area contributed by atoms with Gasteiger partial charge in [-0.25, -0.2) is 18.7 Å². The van der Waals surface area contributed by atoms with E-state index in [1.165, 1.54) is 18.3 Å². The quantitative estimate of drug-likeness (QED) is 0.649. The Bertz CT molecular complexity index is 1080. The van der Waals surface area contributed by atoms with E-state index in [1.807, 2.05) is 6.92 Å². The molecule has 0 atom stereocenters. The number of pyridine rings is 1. The van der Waals surface area contributed by atoms with E-state index in [9.17, 15) is 13.6 Å². The lowest BCUT2D eigenvalue weighted by molar-refractivity contribution is 0.0963.